The molecule has 0 spiro atoms. The van der Waals surface area contributed by atoms with Gasteiger partial charge in [0.2, 0.25) is 0 Å². The molecule has 3 rings (SSSR count). The van der Waals surface area contributed by atoms with Crippen molar-refractivity contribution in [1.29, 1.82) is 0 Å². The molecule has 0 radical (unpaired) electrons. The Balaban J connectivity index is 1.69. The monoisotopic (exact) mass is 478 g/mol. The van der Waals surface area contributed by atoms with Crippen molar-refractivity contribution in [3.05, 3.63) is 64.2 Å². The number of benzene rings is 2. The van der Waals surface area contributed by atoms with Crippen LogP contribution in [0, 0.1) is 13.8 Å². The van der Waals surface area contributed by atoms with E-state index in [1.54, 1.807) is 6.92 Å². The summed E-state index contributed by atoms with van der Waals surface area (Å²) in [7, 11) is 1.95. The minimum atomic E-state index is -4.36. The van der Waals surface area contributed by atoms with E-state index in [0.717, 1.165) is 34.0 Å². The molecule has 0 fully saturated rings. The first-order chi connectivity index (χ1) is 15.6. The van der Waals surface area contributed by atoms with E-state index in [-0.39, 0.29) is 6.61 Å². The third-order valence-electron chi connectivity index (χ3n) is 4.98. The molecule has 0 atom stereocenters. The van der Waals surface area contributed by atoms with Crippen molar-refractivity contribution >= 4 is 23.0 Å². The maximum Gasteiger partial charge on any atom is 0.416 e. The number of carbonyl (C=O) groups is 1. The number of nitrogens with zero attached hydrogens (tertiary/aromatic N) is 2. The van der Waals surface area contributed by atoms with Crippen molar-refractivity contribution < 1.29 is 27.4 Å². The number of rotatable bonds is 8. The second kappa shape index (κ2) is 10.2. The largest absolute Gasteiger partial charge is 0.482 e. The van der Waals surface area contributed by atoms with E-state index in [1.165, 1.54) is 23.5 Å². The normalized spacial score (nSPS) is 11.4. The smallest absolute Gasteiger partial charge is 0.416 e. The molecular weight excluding hydrogens is 453 g/mol. The van der Waals surface area contributed by atoms with Crippen LogP contribution in [-0.2, 0) is 22.3 Å². The Morgan fingerprint density at radius 2 is 1.82 bits per heavy atom. The highest BCUT2D eigenvalue weighted by Crippen LogP contribution is 2.34. The second-order valence-electron chi connectivity index (χ2n) is 7.50. The maximum atomic E-state index is 12.8. The summed E-state index contributed by atoms with van der Waals surface area (Å²) in [4.78, 5) is 19.1. The number of esters is 1. The van der Waals surface area contributed by atoms with E-state index < -0.39 is 17.7 Å². The molecule has 0 aliphatic carbocycles. The number of hydrogen-bond donors (Lipinski definition) is 0. The van der Waals surface area contributed by atoms with Crippen LogP contribution in [-0.4, -0.2) is 31.2 Å². The molecule has 0 N–H and O–H groups in total. The Kier molecular flexibility index (Phi) is 7.63. The number of aryl methyl sites for hydroxylation is 2. The summed E-state index contributed by atoms with van der Waals surface area (Å²) in [5, 5.41) is 0.684. The van der Waals surface area contributed by atoms with Crippen LogP contribution in [0.2, 0.25) is 0 Å². The first-order valence-corrected chi connectivity index (χ1v) is 11.1. The summed E-state index contributed by atoms with van der Waals surface area (Å²) in [6, 6.07) is 10.7. The van der Waals surface area contributed by atoms with Crippen LogP contribution in [0.4, 0.5) is 18.9 Å². The molecule has 9 heteroatoms. The zero-order valence-electron chi connectivity index (χ0n) is 18.8. The lowest BCUT2D eigenvalue weighted by Gasteiger charge is -2.20. The van der Waals surface area contributed by atoms with E-state index in [1.807, 2.05) is 39.1 Å². The topological polar surface area (TPSA) is 51.7 Å². The highest BCUT2D eigenvalue weighted by molar-refractivity contribution is 7.15. The minimum Gasteiger partial charge on any atom is -0.482 e. The first-order valence-electron chi connectivity index (χ1n) is 10.3. The standard InChI is InChI=1S/C24H25F3N2O3S/c1-5-31-22(30)14-32-20-11-10-19(12-15(20)2)29(4)13-21-16(3)28-23(33-21)17-6-8-18(9-7-17)24(25,26)27/h6-12H,5,13-14H2,1-4H3. The number of alkyl halides is 3. The average molecular weight is 479 g/mol. The van der Waals surface area contributed by atoms with Gasteiger partial charge in [-0.05, 0) is 56.7 Å². The molecule has 0 saturated heterocycles. The molecule has 2 aromatic carbocycles. The van der Waals surface area contributed by atoms with E-state index in [2.05, 4.69) is 9.88 Å². The van der Waals surface area contributed by atoms with Crippen LogP contribution in [0.1, 0.15) is 28.6 Å². The van der Waals surface area contributed by atoms with Gasteiger partial charge >= 0.3 is 12.1 Å². The molecule has 1 aromatic heterocycles. The molecule has 1 heterocycles. The zero-order chi connectivity index (χ0) is 24.2. The Morgan fingerprint density at radius 1 is 1.12 bits per heavy atom. The van der Waals surface area contributed by atoms with E-state index in [4.69, 9.17) is 9.47 Å². The quantitative estimate of drug-likeness (QED) is 0.371. The molecule has 0 unspecified atom stereocenters. The molecule has 0 amide bonds. The van der Waals surface area contributed by atoms with Crippen molar-refractivity contribution in [2.24, 2.45) is 0 Å². The lowest BCUT2D eigenvalue weighted by molar-refractivity contribution is -0.145. The van der Waals surface area contributed by atoms with Gasteiger partial charge < -0.3 is 14.4 Å². The lowest BCUT2D eigenvalue weighted by Crippen LogP contribution is -2.17. The molecule has 0 saturated carbocycles. The van der Waals surface area contributed by atoms with Crippen LogP contribution in [0.3, 0.4) is 0 Å². The molecular formula is C24H25F3N2O3S. The minimum absolute atomic E-state index is 0.142. The number of halogens is 3. The zero-order valence-corrected chi connectivity index (χ0v) is 19.6. The van der Waals surface area contributed by atoms with Gasteiger partial charge in [-0.1, -0.05) is 12.1 Å². The number of hydrogen-bond acceptors (Lipinski definition) is 6. The van der Waals surface area contributed by atoms with Crippen molar-refractivity contribution in [3.63, 3.8) is 0 Å². The second-order valence-corrected chi connectivity index (χ2v) is 8.59. The van der Waals surface area contributed by atoms with Crippen molar-refractivity contribution in [1.82, 2.24) is 4.98 Å². The summed E-state index contributed by atoms with van der Waals surface area (Å²) in [6.45, 7) is 6.29. The highest BCUT2D eigenvalue weighted by Gasteiger charge is 2.30. The van der Waals surface area contributed by atoms with Crippen molar-refractivity contribution in [2.75, 3.05) is 25.2 Å². The van der Waals surface area contributed by atoms with Gasteiger partial charge in [0.15, 0.2) is 6.61 Å². The van der Waals surface area contributed by atoms with Crippen LogP contribution in [0.15, 0.2) is 42.5 Å². The Hall–Kier alpha value is -3.07. The fourth-order valence-corrected chi connectivity index (χ4v) is 4.30. The van der Waals surface area contributed by atoms with E-state index in [9.17, 15) is 18.0 Å². The number of carbonyl (C=O) groups excluding carboxylic acids is 1. The molecule has 5 nitrogen and oxygen atoms in total. The van der Waals surface area contributed by atoms with Gasteiger partial charge in [-0.15, -0.1) is 11.3 Å². The summed E-state index contributed by atoms with van der Waals surface area (Å²) >= 11 is 1.46. The van der Waals surface area contributed by atoms with Gasteiger partial charge in [0, 0.05) is 23.2 Å². The van der Waals surface area contributed by atoms with Gasteiger partial charge in [-0.25, -0.2) is 9.78 Å². The average Bonchev–Trinajstić information content (AvgIpc) is 3.12. The number of thiazole rings is 1. The fourth-order valence-electron chi connectivity index (χ4n) is 3.18. The molecule has 3 aromatic rings. The molecule has 176 valence electrons. The highest BCUT2D eigenvalue weighted by atomic mass is 32.1. The van der Waals surface area contributed by atoms with Gasteiger partial charge in [-0.3, -0.25) is 0 Å². The molecule has 0 aliphatic rings. The molecule has 0 aliphatic heterocycles. The number of ether oxygens (including phenoxy) is 2. The number of anilines is 1. The first kappa shape index (κ1) is 24.6. The Labute approximate surface area is 194 Å². The predicted octanol–water partition coefficient (Wildman–Crippen LogP) is 6.02. The Bertz CT molecular complexity index is 1110. The fraction of sp³-hybridized carbons (Fsp3) is 0.333. The molecule has 0 bridgehead atoms. The summed E-state index contributed by atoms with van der Waals surface area (Å²) in [5.74, 6) is 0.196. The van der Waals surface area contributed by atoms with Crippen LogP contribution < -0.4 is 9.64 Å². The third kappa shape index (κ3) is 6.25. The van der Waals surface area contributed by atoms with Crippen molar-refractivity contribution in [2.45, 2.75) is 33.5 Å². The van der Waals surface area contributed by atoms with Crippen LogP contribution >= 0.6 is 11.3 Å². The van der Waals surface area contributed by atoms with Crippen LogP contribution in [0.5, 0.6) is 5.75 Å². The summed E-state index contributed by atoms with van der Waals surface area (Å²) in [5.41, 5.74) is 2.66. The summed E-state index contributed by atoms with van der Waals surface area (Å²) in [6.07, 6.45) is -4.36. The van der Waals surface area contributed by atoms with Crippen molar-refractivity contribution in [3.8, 4) is 16.3 Å². The van der Waals surface area contributed by atoms with E-state index >= 15 is 0 Å². The predicted molar refractivity (Wildman–Crippen MR) is 123 cm³/mol. The maximum absolute atomic E-state index is 12.8. The molecule has 33 heavy (non-hydrogen) atoms. The Morgan fingerprint density at radius 3 is 2.42 bits per heavy atom. The van der Waals surface area contributed by atoms with Crippen LogP contribution in [0.25, 0.3) is 10.6 Å². The van der Waals surface area contributed by atoms with Gasteiger partial charge in [0.05, 0.1) is 24.4 Å². The third-order valence-corrected chi connectivity index (χ3v) is 6.17. The van der Waals surface area contributed by atoms with E-state index in [0.29, 0.717) is 29.5 Å². The number of aromatic nitrogens is 1. The van der Waals surface area contributed by atoms with Gasteiger partial charge in [-0.2, -0.15) is 13.2 Å². The lowest BCUT2D eigenvalue weighted by atomic mass is 10.1. The van der Waals surface area contributed by atoms with Gasteiger partial charge in [0.25, 0.3) is 0 Å². The summed E-state index contributed by atoms with van der Waals surface area (Å²) < 4.78 is 48.8. The van der Waals surface area contributed by atoms with Gasteiger partial charge in [0.1, 0.15) is 10.8 Å². The SMILES string of the molecule is CCOC(=O)COc1ccc(N(C)Cc2sc(-c3ccc(C(F)(F)F)cc3)nc2C)cc1C.